The van der Waals surface area contributed by atoms with Gasteiger partial charge >= 0.3 is 0 Å². The van der Waals surface area contributed by atoms with Gasteiger partial charge in [-0.15, -0.1) is 0 Å². The number of nitrogens with one attached hydrogen (secondary N) is 2. The third-order valence-electron chi connectivity index (χ3n) is 4.16. The predicted octanol–water partition coefficient (Wildman–Crippen LogP) is 2.13. The Labute approximate surface area is 173 Å². The minimum absolute atomic E-state index is 0.0264. The Balaban J connectivity index is 1.88. The standard InChI is InChI=1S/C20H22F2N2O5S/c1-23-20(26)19(13-5-10-16(21)17(22)12-13)24-18(25)4-3-11-29-14-6-8-15(9-7-14)30(2,27)28/h5-10,12,19H,3-4,11H2,1-2H3,(H,23,26)(H,24,25). The van der Waals surface area contributed by atoms with Gasteiger partial charge in [-0.1, -0.05) is 6.07 Å². The summed E-state index contributed by atoms with van der Waals surface area (Å²) in [4.78, 5) is 24.4. The molecule has 162 valence electrons. The van der Waals surface area contributed by atoms with Gasteiger partial charge in [0.1, 0.15) is 11.8 Å². The highest BCUT2D eigenvalue weighted by Gasteiger charge is 2.22. The molecule has 0 heterocycles. The van der Waals surface area contributed by atoms with E-state index in [4.69, 9.17) is 4.74 Å². The summed E-state index contributed by atoms with van der Waals surface area (Å²) < 4.78 is 54.9. The van der Waals surface area contributed by atoms with E-state index >= 15 is 0 Å². The van der Waals surface area contributed by atoms with E-state index in [0.29, 0.717) is 12.2 Å². The molecule has 2 N–H and O–H groups in total. The van der Waals surface area contributed by atoms with Crippen molar-refractivity contribution in [3.05, 3.63) is 59.7 Å². The van der Waals surface area contributed by atoms with Gasteiger partial charge in [-0.2, -0.15) is 0 Å². The van der Waals surface area contributed by atoms with Crippen LogP contribution in [0.4, 0.5) is 8.78 Å². The molecule has 0 spiro atoms. The van der Waals surface area contributed by atoms with Crippen LogP contribution in [0.1, 0.15) is 24.4 Å². The fraction of sp³-hybridized carbons (Fsp3) is 0.300. The van der Waals surface area contributed by atoms with Crippen molar-refractivity contribution in [3.63, 3.8) is 0 Å². The number of carbonyl (C=O) groups is 2. The van der Waals surface area contributed by atoms with E-state index in [-0.39, 0.29) is 23.5 Å². The molecule has 1 atom stereocenters. The van der Waals surface area contributed by atoms with Crippen molar-refractivity contribution >= 4 is 21.7 Å². The van der Waals surface area contributed by atoms with Gasteiger partial charge in [0.15, 0.2) is 21.5 Å². The van der Waals surface area contributed by atoms with Crippen LogP contribution >= 0.6 is 0 Å². The number of amides is 2. The minimum Gasteiger partial charge on any atom is -0.494 e. The average molecular weight is 440 g/mol. The van der Waals surface area contributed by atoms with Crippen molar-refractivity contribution in [3.8, 4) is 5.75 Å². The van der Waals surface area contributed by atoms with E-state index in [9.17, 15) is 26.8 Å². The van der Waals surface area contributed by atoms with Crippen molar-refractivity contribution in [2.24, 2.45) is 0 Å². The molecule has 0 saturated carbocycles. The van der Waals surface area contributed by atoms with Gasteiger partial charge in [0.05, 0.1) is 11.5 Å². The van der Waals surface area contributed by atoms with Gasteiger partial charge < -0.3 is 15.4 Å². The second kappa shape index (κ2) is 10.1. The van der Waals surface area contributed by atoms with Crippen molar-refractivity contribution in [1.82, 2.24) is 10.6 Å². The highest BCUT2D eigenvalue weighted by Crippen LogP contribution is 2.18. The van der Waals surface area contributed by atoms with Gasteiger partial charge in [0.25, 0.3) is 0 Å². The van der Waals surface area contributed by atoms with Crippen LogP contribution in [0.2, 0.25) is 0 Å². The zero-order chi connectivity index (χ0) is 22.3. The monoisotopic (exact) mass is 440 g/mol. The van der Waals surface area contributed by atoms with Crippen LogP contribution in [0.25, 0.3) is 0 Å². The van der Waals surface area contributed by atoms with Crippen LogP contribution < -0.4 is 15.4 Å². The highest BCUT2D eigenvalue weighted by molar-refractivity contribution is 7.90. The Morgan fingerprint density at radius 2 is 1.73 bits per heavy atom. The molecule has 0 aromatic heterocycles. The first-order chi connectivity index (χ1) is 14.1. The maximum Gasteiger partial charge on any atom is 0.246 e. The number of likely N-dealkylation sites (N-methyl/N-ethyl adjacent to an activating group) is 1. The van der Waals surface area contributed by atoms with Crippen LogP contribution in [0.5, 0.6) is 5.75 Å². The van der Waals surface area contributed by atoms with Crippen molar-refractivity contribution < 1.29 is 31.5 Å². The quantitative estimate of drug-likeness (QED) is 0.582. The van der Waals surface area contributed by atoms with Crippen LogP contribution in [-0.2, 0) is 19.4 Å². The van der Waals surface area contributed by atoms with E-state index in [1.54, 1.807) is 0 Å². The zero-order valence-corrected chi connectivity index (χ0v) is 17.3. The maximum atomic E-state index is 13.5. The van der Waals surface area contributed by atoms with E-state index < -0.39 is 39.3 Å². The summed E-state index contributed by atoms with van der Waals surface area (Å²) in [6, 6.07) is 7.68. The topological polar surface area (TPSA) is 102 Å². The molecule has 0 bridgehead atoms. The Morgan fingerprint density at radius 3 is 2.30 bits per heavy atom. The molecule has 0 radical (unpaired) electrons. The van der Waals surface area contributed by atoms with Gasteiger partial charge in [0.2, 0.25) is 11.8 Å². The first-order valence-corrected chi connectivity index (χ1v) is 10.9. The summed E-state index contributed by atoms with van der Waals surface area (Å²) in [6.07, 6.45) is 1.45. The van der Waals surface area contributed by atoms with Gasteiger partial charge in [-0.3, -0.25) is 9.59 Å². The molecule has 0 aliphatic rings. The Bertz CT molecular complexity index is 1010. The van der Waals surface area contributed by atoms with Crippen LogP contribution in [-0.4, -0.2) is 40.1 Å². The summed E-state index contributed by atoms with van der Waals surface area (Å²) in [5, 5.41) is 4.86. The zero-order valence-electron chi connectivity index (χ0n) is 16.4. The lowest BCUT2D eigenvalue weighted by Gasteiger charge is -2.18. The fourth-order valence-electron chi connectivity index (χ4n) is 2.58. The first kappa shape index (κ1) is 23.3. The van der Waals surface area contributed by atoms with Crippen LogP contribution in [0.3, 0.4) is 0 Å². The molecular formula is C20H22F2N2O5S. The third-order valence-corrected chi connectivity index (χ3v) is 5.29. The largest absolute Gasteiger partial charge is 0.494 e. The number of carbonyl (C=O) groups excluding carboxylic acids is 2. The van der Waals surface area contributed by atoms with Crippen molar-refractivity contribution in [2.75, 3.05) is 19.9 Å². The SMILES string of the molecule is CNC(=O)C(NC(=O)CCCOc1ccc(S(C)(=O)=O)cc1)c1ccc(F)c(F)c1. The normalized spacial score (nSPS) is 12.1. The number of hydrogen-bond donors (Lipinski definition) is 2. The first-order valence-electron chi connectivity index (χ1n) is 9.00. The molecule has 0 fully saturated rings. The predicted molar refractivity (Wildman–Crippen MR) is 106 cm³/mol. The number of hydrogen-bond acceptors (Lipinski definition) is 5. The lowest BCUT2D eigenvalue weighted by molar-refractivity contribution is -0.129. The summed E-state index contributed by atoms with van der Waals surface area (Å²) in [5.74, 6) is -2.76. The van der Waals surface area contributed by atoms with E-state index in [1.165, 1.54) is 37.4 Å². The fourth-order valence-corrected chi connectivity index (χ4v) is 3.21. The van der Waals surface area contributed by atoms with Gasteiger partial charge in [0, 0.05) is 19.7 Å². The summed E-state index contributed by atoms with van der Waals surface area (Å²) in [5.41, 5.74) is 0.115. The number of sulfone groups is 1. The van der Waals surface area contributed by atoms with Crippen molar-refractivity contribution in [2.45, 2.75) is 23.8 Å². The second-order valence-electron chi connectivity index (χ2n) is 6.48. The number of ether oxygens (including phenoxy) is 1. The minimum atomic E-state index is -3.29. The summed E-state index contributed by atoms with van der Waals surface area (Å²) in [7, 11) is -1.93. The summed E-state index contributed by atoms with van der Waals surface area (Å²) >= 11 is 0. The molecule has 10 heteroatoms. The molecule has 7 nitrogen and oxygen atoms in total. The smallest absolute Gasteiger partial charge is 0.246 e. The van der Waals surface area contributed by atoms with E-state index in [1.807, 2.05) is 0 Å². The number of rotatable bonds is 9. The molecule has 0 aliphatic carbocycles. The molecule has 2 amide bonds. The molecule has 0 aliphatic heterocycles. The molecule has 2 aromatic carbocycles. The number of halogens is 2. The maximum absolute atomic E-state index is 13.5. The summed E-state index contributed by atoms with van der Waals surface area (Å²) in [6.45, 7) is 0.182. The van der Waals surface area contributed by atoms with E-state index in [2.05, 4.69) is 10.6 Å². The molecular weight excluding hydrogens is 418 g/mol. The molecule has 2 aromatic rings. The average Bonchev–Trinajstić information content (AvgIpc) is 2.70. The Kier molecular flexibility index (Phi) is 7.87. The Morgan fingerprint density at radius 1 is 1.07 bits per heavy atom. The van der Waals surface area contributed by atoms with Gasteiger partial charge in [-0.25, -0.2) is 17.2 Å². The van der Waals surface area contributed by atoms with E-state index in [0.717, 1.165) is 18.4 Å². The van der Waals surface area contributed by atoms with Crippen molar-refractivity contribution in [1.29, 1.82) is 0 Å². The third kappa shape index (κ3) is 6.51. The lowest BCUT2D eigenvalue weighted by Crippen LogP contribution is -2.39. The van der Waals surface area contributed by atoms with Crippen LogP contribution in [0.15, 0.2) is 47.4 Å². The molecule has 1 unspecified atom stereocenters. The van der Waals surface area contributed by atoms with Gasteiger partial charge in [-0.05, 0) is 48.4 Å². The highest BCUT2D eigenvalue weighted by atomic mass is 32.2. The molecule has 0 saturated heterocycles. The molecule has 30 heavy (non-hydrogen) atoms. The Hall–Kier alpha value is -3.01. The van der Waals surface area contributed by atoms with Crippen LogP contribution in [0, 0.1) is 11.6 Å². The molecule has 2 rings (SSSR count). The lowest BCUT2D eigenvalue weighted by atomic mass is 10.1. The number of benzene rings is 2. The second-order valence-corrected chi connectivity index (χ2v) is 8.50.